The van der Waals surface area contributed by atoms with Gasteiger partial charge in [0.2, 0.25) is 0 Å². The Balaban J connectivity index is 1.42. The highest BCUT2D eigenvalue weighted by atomic mass is 35.5. The average molecular weight is 594 g/mol. The summed E-state index contributed by atoms with van der Waals surface area (Å²) in [5.74, 6) is 0.970. The van der Waals surface area contributed by atoms with Crippen LogP contribution in [0, 0.1) is 17.8 Å². The molecule has 1 aromatic rings. The van der Waals surface area contributed by atoms with Crippen LogP contribution in [0.3, 0.4) is 0 Å². The second-order valence-corrected chi connectivity index (χ2v) is 12.5. The van der Waals surface area contributed by atoms with Gasteiger partial charge in [-0.3, -0.25) is 0 Å². The Kier molecular flexibility index (Phi) is 12.4. The molecular formula is C31H48ClN3O6. The van der Waals surface area contributed by atoms with Gasteiger partial charge in [0.05, 0.1) is 32.0 Å². The molecule has 3 fully saturated rings. The lowest BCUT2D eigenvalue weighted by atomic mass is 9.82. The van der Waals surface area contributed by atoms with E-state index in [0.717, 1.165) is 44.1 Å². The van der Waals surface area contributed by atoms with Gasteiger partial charge in [0.15, 0.2) is 0 Å². The van der Waals surface area contributed by atoms with E-state index in [0.29, 0.717) is 49.7 Å². The van der Waals surface area contributed by atoms with E-state index in [2.05, 4.69) is 22.3 Å². The summed E-state index contributed by atoms with van der Waals surface area (Å²) in [4.78, 5) is 27.0. The van der Waals surface area contributed by atoms with Gasteiger partial charge in [0, 0.05) is 37.2 Å². The molecule has 3 aliphatic rings. The zero-order valence-corrected chi connectivity index (χ0v) is 25.3. The number of alkyl carbamates (subject to hydrolysis) is 1. The molecule has 0 aromatic heterocycles. The first kappa shape index (κ1) is 31.9. The summed E-state index contributed by atoms with van der Waals surface area (Å²) < 4.78 is 16.9. The predicted molar refractivity (Wildman–Crippen MR) is 158 cm³/mol. The lowest BCUT2D eigenvalue weighted by Crippen LogP contribution is -2.55. The maximum Gasteiger partial charge on any atom is 0.406 e. The summed E-state index contributed by atoms with van der Waals surface area (Å²) in [6.45, 7) is 4.57. The number of likely N-dealkylation sites (tertiary alicyclic amines) is 1. The number of aliphatic hydroxyl groups excluding tert-OH is 1. The van der Waals surface area contributed by atoms with E-state index in [1.165, 1.54) is 26.4 Å². The van der Waals surface area contributed by atoms with Crippen LogP contribution in [0.1, 0.15) is 76.4 Å². The third-order valence-corrected chi connectivity index (χ3v) is 9.08. The normalized spacial score (nSPS) is 25.8. The SMILES string of the molecule is COC(=O)NCCO[C@@H](c1cccc(Cl)c1)[C@@H]1CCCN(C(=O)N[C@@H](CC2CCCCC2)[C@@H](O)[C@@H]2C[C@H](C)CO2)C1. The number of hydrogen-bond donors (Lipinski definition) is 3. The number of carbonyl (C=O) groups is 2. The smallest absolute Gasteiger partial charge is 0.406 e. The highest BCUT2D eigenvalue weighted by molar-refractivity contribution is 6.30. The summed E-state index contributed by atoms with van der Waals surface area (Å²) in [5, 5.41) is 17.9. The molecule has 0 unspecified atom stereocenters. The van der Waals surface area contributed by atoms with Gasteiger partial charge >= 0.3 is 12.1 Å². The van der Waals surface area contributed by atoms with Crippen LogP contribution < -0.4 is 10.6 Å². The number of hydrogen-bond acceptors (Lipinski definition) is 6. The zero-order chi connectivity index (χ0) is 29.2. The van der Waals surface area contributed by atoms with Crippen molar-refractivity contribution in [1.29, 1.82) is 0 Å². The second kappa shape index (κ2) is 16.0. The minimum absolute atomic E-state index is 0.0480. The number of nitrogens with one attached hydrogen (secondary N) is 2. The van der Waals surface area contributed by atoms with E-state index in [1.807, 2.05) is 29.2 Å². The summed E-state index contributed by atoms with van der Waals surface area (Å²) in [6.07, 6.45) is 7.56. The number of urea groups is 1. The highest BCUT2D eigenvalue weighted by Gasteiger charge is 2.38. The van der Waals surface area contributed by atoms with Crippen LogP contribution in [0.5, 0.6) is 0 Å². The first-order chi connectivity index (χ1) is 19.8. The van der Waals surface area contributed by atoms with Gasteiger partial charge < -0.3 is 34.9 Å². The molecule has 230 valence electrons. The summed E-state index contributed by atoms with van der Waals surface area (Å²) >= 11 is 6.32. The Morgan fingerprint density at radius 3 is 2.71 bits per heavy atom. The molecule has 4 rings (SSSR count). The Labute approximate surface area is 249 Å². The van der Waals surface area contributed by atoms with Crippen molar-refractivity contribution in [1.82, 2.24) is 15.5 Å². The van der Waals surface area contributed by atoms with Crippen molar-refractivity contribution in [3.63, 3.8) is 0 Å². The first-order valence-electron chi connectivity index (χ1n) is 15.4. The monoisotopic (exact) mass is 593 g/mol. The Hall–Kier alpha value is -2.07. The van der Waals surface area contributed by atoms with E-state index in [-0.39, 0.29) is 30.2 Å². The van der Waals surface area contributed by atoms with E-state index in [4.69, 9.17) is 21.1 Å². The van der Waals surface area contributed by atoms with Crippen molar-refractivity contribution >= 4 is 23.7 Å². The van der Waals surface area contributed by atoms with Gasteiger partial charge in [-0.15, -0.1) is 0 Å². The number of aliphatic hydroxyl groups is 1. The Morgan fingerprint density at radius 2 is 2.00 bits per heavy atom. The lowest BCUT2D eigenvalue weighted by Gasteiger charge is -2.39. The van der Waals surface area contributed by atoms with Crippen LogP contribution in [0.15, 0.2) is 24.3 Å². The number of rotatable bonds is 11. The van der Waals surface area contributed by atoms with Crippen molar-refractivity contribution < 1.29 is 28.9 Å². The molecule has 2 aliphatic heterocycles. The molecule has 9 nitrogen and oxygen atoms in total. The van der Waals surface area contributed by atoms with Gasteiger partial charge in [0.25, 0.3) is 0 Å². The van der Waals surface area contributed by atoms with Crippen molar-refractivity contribution in [2.75, 3.05) is 40.0 Å². The van der Waals surface area contributed by atoms with Crippen LogP contribution in [0.2, 0.25) is 5.02 Å². The van der Waals surface area contributed by atoms with E-state index in [9.17, 15) is 14.7 Å². The van der Waals surface area contributed by atoms with Crippen molar-refractivity contribution in [3.05, 3.63) is 34.9 Å². The summed E-state index contributed by atoms with van der Waals surface area (Å²) in [5.41, 5.74) is 0.945. The first-order valence-corrected chi connectivity index (χ1v) is 15.8. The number of carbonyl (C=O) groups excluding carboxylic acids is 2. The van der Waals surface area contributed by atoms with Gasteiger partial charge in [-0.2, -0.15) is 0 Å². The minimum atomic E-state index is -0.726. The maximum atomic E-state index is 13.7. The molecule has 0 bridgehead atoms. The molecule has 1 aromatic carbocycles. The quantitative estimate of drug-likeness (QED) is 0.300. The summed E-state index contributed by atoms with van der Waals surface area (Å²) in [6, 6.07) is 7.13. The molecule has 10 heteroatoms. The molecule has 1 aliphatic carbocycles. The van der Waals surface area contributed by atoms with Gasteiger partial charge in [-0.25, -0.2) is 9.59 Å². The van der Waals surface area contributed by atoms with Crippen LogP contribution >= 0.6 is 11.6 Å². The second-order valence-electron chi connectivity index (χ2n) is 12.1. The van der Waals surface area contributed by atoms with E-state index < -0.39 is 12.2 Å². The van der Waals surface area contributed by atoms with E-state index in [1.54, 1.807) is 0 Å². The van der Waals surface area contributed by atoms with Crippen molar-refractivity contribution in [2.45, 2.75) is 89.1 Å². The Bertz CT molecular complexity index is 977. The van der Waals surface area contributed by atoms with E-state index >= 15 is 0 Å². The largest absolute Gasteiger partial charge is 0.453 e. The fourth-order valence-corrected chi connectivity index (χ4v) is 6.87. The molecule has 3 N–H and O–H groups in total. The molecule has 1 saturated carbocycles. The number of nitrogens with zero attached hydrogens (tertiary/aromatic N) is 1. The van der Waals surface area contributed by atoms with Gasteiger partial charge in [-0.05, 0) is 55.2 Å². The maximum absolute atomic E-state index is 13.7. The molecule has 0 radical (unpaired) electrons. The lowest BCUT2D eigenvalue weighted by molar-refractivity contribution is -0.0264. The molecule has 2 heterocycles. The molecule has 3 amide bonds. The number of benzene rings is 1. The Morgan fingerprint density at radius 1 is 1.20 bits per heavy atom. The topological polar surface area (TPSA) is 109 Å². The van der Waals surface area contributed by atoms with Crippen molar-refractivity contribution in [3.8, 4) is 0 Å². The van der Waals surface area contributed by atoms with Crippen LogP contribution in [0.25, 0.3) is 0 Å². The number of piperidine rings is 1. The number of ether oxygens (including phenoxy) is 3. The van der Waals surface area contributed by atoms with Crippen molar-refractivity contribution in [2.24, 2.45) is 17.8 Å². The summed E-state index contributed by atoms with van der Waals surface area (Å²) in [7, 11) is 1.33. The van der Waals surface area contributed by atoms with Gasteiger partial charge in [-0.1, -0.05) is 62.8 Å². The molecule has 2 saturated heterocycles. The highest BCUT2D eigenvalue weighted by Crippen LogP contribution is 2.35. The average Bonchev–Trinajstić information content (AvgIpc) is 3.43. The number of methoxy groups -OCH3 is 1. The molecular weight excluding hydrogens is 546 g/mol. The number of halogens is 1. The fourth-order valence-electron chi connectivity index (χ4n) is 6.67. The predicted octanol–water partition coefficient (Wildman–Crippen LogP) is 5.30. The fraction of sp³-hybridized carbons (Fsp3) is 0.742. The third-order valence-electron chi connectivity index (χ3n) is 8.85. The van der Waals surface area contributed by atoms with Gasteiger partial charge in [0.1, 0.15) is 6.10 Å². The standard InChI is InChI=1S/C31H48ClN3O6/c1-21-16-27(41-20-21)28(36)26(17-22-8-4-3-5-9-22)34-30(37)35-14-7-11-24(19-35)29(23-10-6-12-25(32)18-23)40-15-13-33-31(38)39-2/h6,10,12,18,21-22,24,26-29,36H,3-5,7-9,11,13-17,19-20H2,1-2H3,(H,33,38)(H,34,37)/t21-,24+,26-,27-,28+,29-/m0/s1. The zero-order valence-electron chi connectivity index (χ0n) is 24.6. The molecule has 41 heavy (non-hydrogen) atoms. The van der Waals surface area contributed by atoms with Crippen LogP contribution in [-0.2, 0) is 14.2 Å². The van der Waals surface area contributed by atoms with Crippen LogP contribution in [-0.4, -0.2) is 80.3 Å². The molecule has 6 atom stereocenters. The molecule has 0 spiro atoms. The number of amides is 3. The van der Waals surface area contributed by atoms with Crippen LogP contribution in [0.4, 0.5) is 9.59 Å². The minimum Gasteiger partial charge on any atom is -0.453 e. The third kappa shape index (κ3) is 9.46.